The van der Waals surface area contributed by atoms with Gasteiger partial charge in [-0.3, -0.25) is 14.9 Å². The molecule has 0 bridgehead atoms. The van der Waals surface area contributed by atoms with Gasteiger partial charge < -0.3 is 10.3 Å². The first-order valence-electron chi connectivity index (χ1n) is 9.27. The normalized spacial score (nSPS) is 11.2. The van der Waals surface area contributed by atoms with Crippen molar-refractivity contribution in [1.29, 1.82) is 0 Å². The molecule has 5 aromatic rings. The molecule has 0 aliphatic carbocycles. The molecular formula is C21H17N7O. The van der Waals surface area contributed by atoms with Crippen LogP contribution in [-0.4, -0.2) is 36.0 Å². The average Bonchev–Trinajstić information content (AvgIpc) is 3.37. The van der Waals surface area contributed by atoms with E-state index in [4.69, 9.17) is 4.98 Å². The number of amides is 1. The molecule has 0 saturated heterocycles. The Hall–Kier alpha value is -4.07. The topological polar surface area (TPSA) is 112 Å². The molecule has 142 valence electrons. The van der Waals surface area contributed by atoms with Crippen LogP contribution in [0.1, 0.15) is 13.3 Å². The van der Waals surface area contributed by atoms with E-state index in [1.165, 1.54) is 0 Å². The summed E-state index contributed by atoms with van der Waals surface area (Å²) in [5, 5.41) is 10.2. The number of pyridine rings is 2. The molecule has 1 aromatic carbocycles. The number of carbonyl (C=O) groups excluding carboxylic acids is 1. The number of fused-ring (bicyclic) bond motifs is 2. The van der Waals surface area contributed by atoms with Crippen LogP contribution in [0.4, 0.5) is 5.69 Å². The van der Waals surface area contributed by atoms with Gasteiger partial charge in [0.05, 0.1) is 34.1 Å². The Bertz CT molecular complexity index is 1320. The second-order valence-electron chi connectivity index (χ2n) is 6.63. The van der Waals surface area contributed by atoms with Gasteiger partial charge in [-0.25, -0.2) is 9.97 Å². The van der Waals surface area contributed by atoms with Crippen molar-refractivity contribution in [2.24, 2.45) is 0 Å². The lowest BCUT2D eigenvalue weighted by molar-refractivity contribution is -0.115. The molecule has 0 fully saturated rings. The number of aromatic amines is 2. The van der Waals surface area contributed by atoms with Crippen molar-refractivity contribution in [2.75, 3.05) is 5.32 Å². The summed E-state index contributed by atoms with van der Waals surface area (Å²) in [6.45, 7) is 1.81. The van der Waals surface area contributed by atoms with Crippen LogP contribution in [-0.2, 0) is 4.79 Å². The van der Waals surface area contributed by atoms with Crippen molar-refractivity contribution in [2.45, 2.75) is 13.3 Å². The zero-order valence-corrected chi connectivity index (χ0v) is 15.6. The fourth-order valence-electron chi connectivity index (χ4n) is 3.19. The van der Waals surface area contributed by atoms with E-state index < -0.39 is 0 Å². The maximum Gasteiger partial charge on any atom is 0.224 e. The SMILES string of the molecule is CCC(=O)Nc1cncc(-c2ccc3[nH]nc(-c4nc5ccccc5[nH]4)c3n2)c1. The van der Waals surface area contributed by atoms with E-state index in [1.54, 1.807) is 19.3 Å². The summed E-state index contributed by atoms with van der Waals surface area (Å²) >= 11 is 0. The number of nitrogens with one attached hydrogen (secondary N) is 3. The number of aromatic nitrogens is 6. The van der Waals surface area contributed by atoms with Crippen molar-refractivity contribution in [3.05, 3.63) is 54.9 Å². The molecule has 29 heavy (non-hydrogen) atoms. The van der Waals surface area contributed by atoms with Crippen LogP contribution in [0.2, 0.25) is 0 Å². The van der Waals surface area contributed by atoms with E-state index in [1.807, 2.05) is 42.5 Å². The fraction of sp³-hybridized carbons (Fsp3) is 0.0952. The highest BCUT2D eigenvalue weighted by Gasteiger charge is 2.15. The summed E-state index contributed by atoms with van der Waals surface area (Å²) in [6.07, 6.45) is 3.74. The standard InChI is InChI=1S/C21H17N7O/c1-2-18(29)23-13-9-12(10-22-11-13)14-7-8-17-19(24-14)20(28-27-17)21-25-15-5-3-4-6-16(15)26-21/h3-11H,2H2,1H3,(H,23,29)(H,25,26)(H,27,28). The summed E-state index contributed by atoms with van der Waals surface area (Å²) < 4.78 is 0. The highest BCUT2D eigenvalue weighted by Crippen LogP contribution is 2.28. The molecule has 8 heteroatoms. The van der Waals surface area contributed by atoms with Gasteiger partial charge in [-0.05, 0) is 30.3 Å². The number of nitrogens with zero attached hydrogens (tertiary/aromatic N) is 4. The van der Waals surface area contributed by atoms with Crippen LogP contribution in [0.15, 0.2) is 54.9 Å². The number of H-pyrrole nitrogens is 2. The smallest absolute Gasteiger partial charge is 0.224 e. The van der Waals surface area contributed by atoms with Crippen LogP contribution in [0, 0.1) is 0 Å². The van der Waals surface area contributed by atoms with Gasteiger partial charge in [-0.2, -0.15) is 5.10 Å². The summed E-state index contributed by atoms with van der Waals surface area (Å²) in [5.41, 5.74) is 6.17. The van der Waals surface area contributed by atoms with Gasteiger partial charge in [-0.15, -0.1) is 0 Å². The minimum atomic E-state index is -0.0608. The summed E-state index contributed by atoms with van der Waals surface area (Å²) in [6, 6.07) is 13.5. The summed E-state index contributed by atoms with van der Waals surface area (Å²) in [4.78, 5) is 28.6. The van der Waals surface area contributed by atoms with Crippen LogP contribution >= 0.6 is 0 Å². The molecule has 0 spiro atoms. The highest BCUT2D eigenvalue weighted by molar-refractivity contribution is 5.92. The molecule has 0 atom stereocenters. The molecule has 0 unspecified atom stereocenters. The van der Waals surface area contributed by atoms with Crippen molar-refractivity contribution in [3.8, 4) is 22.8 Å². The second-order valence-corrected chi connectivity index (χ2v) is 6.63. The predicted molar refractivity (Wildman–Crippen MR) is 111 cm³/mol. The Morgan fingerprint density at radius 3 is 2.83 bits per heavy atom. The lowest BCUT2D eigenvalue weighted by Gasteiger charge is -2.06. The van der Waals surface area contributed by atoms with Crippen LogP contribution in [0.25, 0.3) is 44.8 Å². The van der Waals surface area contributed by atoms with Crippen molar-refractivity contribution in [1.82, 2.24) is 30.1 Å². The first-order valence-corrected chi connectivity index (χ1v) is 9.27. The number of anilines is 1. The van der Waals surface area contributed by atoms with E-state index in [-0.39, 0.29) is 5.91 Å². The van der Waals surface area contributed by atoms with E-state index in [0.29, 0.717) is 29.1 Å². The van der Waals surface area contributed by atoms with Gasteiger partial charge in [0.15, 0.2) is 11.5 Å². The fourth-order valence-corrected chi connectivity index (χ4v) is 3.19. The van der Waals surface area contributed by atoms with E-state index in [2.05, 4.69) is 30.5 Å². The van der Waals surface area contributed by atoms with Gasteiger partial charge in [0.25, 0.3) is 0 Å². The summed E-state index contributed by atoms with van der Waals surface area (Å²) in [5.74, 6) is 0.596. The zero-order valence-electron chi connectivity index (χ0n) is 15.6. The number of carbonyl (C=O) groups is 1. The minimum Gasteiger partial charge on any atom is -0.337 e. The average molecular weight is 383 g/mol. The molecule has 0 radical (unpaired) electrons. The Balaban J connectivity index is 1.58. The molecule has 4 aromatic heterocycles. The Morgan fingerprint density at radius 1 is 1.07 bits per heavy atom. The molecule has 8 nitrogen and oxygen atoms in total. The van der Waals surface area contributed by atoms with E-state index >= 15 is 0 Å². The third-order valence-corrected chi connectivity index (χ3v) is 4.66. The third-order valence-electron chi connectivity index (χ3n) is 4.66. The van der Waals surface area contributed by atoms with Gasteiger partial charge in [0.2, 0.25) is 5.91 Å². The van der Waals surface area contributed by atoms with Gasteiger partial charge in [0.1, 0.15) is 5.52 Å². The monoisotopic (exact) mass is 383 g/mol. The molecule has 0 aliphatic rings. The molecule has 4 heterocycles. The van der Waals surface area contributed by atoms with Crippen molar-refractivity contribution in [3.63, 3.8) is 0 Å². The summed E-state index contributed by atoms with van der Waals surface area (Å²) in [7, 11) is 0. The molecule has 5 rings (SSSR count). The van der Waals surface area contributed by atoms with Crippen molar-refractivity contribution < 1.29 is 4.79 Å². The zero-order chi connectivity index (χ0) is 19.8. The molecular weight excluding hydrogens is 366 g/mol. The molecule has 0 saturated carbocycles. The predicted octanol–water partition coefficient (Wildman–Crippen LogP) is 3.91. The Morgan fingerprint density at radius 2 is 1.97 bits per heavy atom. The number of para-hydroxylation sites is 2. The molecule has 1 amide bonds. The maximum atomic E-state index is 11.7. The second kappa shape index (κ2) is 6.83. The quantitative estimate of drug-likeness (QED) is 0.435. The number of rotatable bonds is 4. The number of hydrogen-bond donors (Lipinski definition) is 3. The van der Waals surface area contributed by atoms with Gasteiger partial charge >= 0.3 is 0 Å². The molecule has 3 N–H and O–H groups in total. The van der Waals surface area contributed by atoms with Crippen molar-refractivity contribution >= 4 is 33.7 Å². The number of hydrogen-bond acceptors (Lipinski definition) is 5. The van der Waals surface area contributed by atoms with Gasteiger partial charge in [0, 0.05) is 18.2 Å². The van der Waals surface area contributed by atoms with E-state index in [0.717, 1.165) is 27.8 Å². The minimum absolute atomic E-state index is 0.0608. The van der Waals surface area contributed by atoms with E-state index in [9.17, 15) is 4.79 Å². The maximum absolute atomic E-state index is 11.7. The molecule has 0 aliphatic heterocycles. The largest absolute Gasteiger partial charge is 0.337 e. The third kappa shape index (κ3) is 3.10. The number of imidazole rings is 1. The lowest BCUT2D eigenvalue weighted by Crippen LogP contribution is -2.09. The van der Waals surface area contributed by atoms with Crippen LogP contribution in [0.3, 0.4) is 0 Å². The Kier molecular flexibility index (Phi) is 4.02. The highest BCUT2D eigenvalue weighted by atomic mass is 16.1. The number of benzene rings is 1. The first-order chi connectivity index (χ1) is 14.2. The first kappa shape index (κ1) is 17.1. The van der Waals surface area contributed by atoms with Crippen LogP contribution < -0.4 is 5.32 Å². The van der Waals surface area contributed by atoms with Gasteiger partial charge in [-0.1, -0.05) is 19.1 Å². The lowest BCUT2D eigenvalue weighted by atomic mass is 10.1. The van der Waals surface area contributed by atoms with Crippen LogP contribution in [0.5, 0.6) is 0 Å². The Labute approximate surface area is 165 Å².